The van der Waals surface area contributed by atoms with E-state index in [1.165, 1.54) is 23.0 Å². The van der Waals surface area contributed by atoms with Crippen molar-refractivity contribution in [1.29, 1.82) is 0 Å². The van der Waals surface area contributed by atoms with Crippen molar-refractivity contribution in [2.75, 3.05) is 6.54 Å². The Kier molecular flexibility index (Phi) is 5.31. The summed E-state index contributed by atoms with van der Waals surface area (Å²) < 4.78 is 6.40. The second-order valence-corrected chi connectivity index (χ2v) is 7.12. The number of hydrogen-bond acceptors (Lipinski definition) is 8. The number of nitrogens with zero attached hydrogens (tertiary/aromatic N) is 4. The third-order valence-corrected chi connectivity index (χ3v) is 3.69. The summed E-state index contributed by atoms with van der Waals surface area (Å²) in [7, 11) is 0. The van der Waals surface area contributed by atoms with E-state index in [1.807, 2.05) is 0 Å². The van der Waals surface area contributed by atoms with Crippen LogP contribution in [0.3, 0.4) is 0 Å². The summed E-state index contributed by atoms with van der Waals surface area (Å²) >= 11 is 0. The summed E-state index contributed by atoms with van der Waals surface area (Å²) in [6.07, 6.45) is 0.694. The fourth-order valence-corrected chi connectivity index (χ4v) is 2.47. The third-order valence-electron chi connectivity index (χ3n) is 3.69. The van der Waals surface area contributed by atoms with E-state index >= 15 is 0 Å². The molecule has 1 N–H and O–H groups in total. The molecule has 1 aromatic carbocycles. The average Bonchev–Trinajstić information content (AvgIpc) is 3.20. The SMILES string of the molecule is CC(C)(C)OC(=O)NCCn1cc(C(=O)ON2C(=O)c3ccccc3C2=O)nn1. The van der Waals surface area contributed by atoms with Crippen LogP contribution >= 0.6 is 0 Å². The van der Waals surface area contributed by atoms with Crippen LogP contribution in [0.25, 0.3) is 0 Å². The number of fused-ring (bicyclic) bond motifs is 1. The zero-order valence-corrected chi connectivity index (χ0v) is 16.0. The molecule has 1 aliphatic rings. The summed E-state index contributed by atoms with van der Waals surface area (Å²) in [6.45, 7) is 5.64. The van der Waals surface area contributed by atoms with Gasteiger partial charge in [0, 0.05) is 6.54 Å². The van der Waals surface area contributed by atoms with Crippen LogP contribution in [-0.2, 0) is 16.1 Å². The lowest BCUT2D eigenvalue weighted by atomic mass is 10.1. The van der Waals surface area contributed by atoms with Gasteiger partial charge in [-0.2, -0.15) is 0 Å². The van der Waals surface area contributed by atoms with Gasteiger partial charge in [0.15, 0.2) is 5.69 Å². The number of aromatic nitrogens is 3. The number of benzene rings is 1. The monoisotopic (exact) mass is 401 g/mol. The van der Waals surface area contributed by atoms with E-state index in [2.05, 4.69) is 15.6 Å². The first-order valence-corrected chi connectivity index (χ1v) is 8.73. The molecule has 1 aromatic heterocycles. The Morgan fingerprint density at radius 3 is 2.31 bits per heavy atom. The molecule has 0 atom stereocenters. The van der Waals surface area contributed by atoms with Gasteiger partial charge in [-0.15, -0.1) is 5.10 Å². The first-order valence-electron chi connectivity index (χ1n) is 8.73. The smallest absolute Gasteiger partial charge is 0.407 e. The maximum Gasteiger partial charge on any atom is 0.407 e. The Bertz CT molecular complexity index is 942. The number of nitrogens with one attached hydrogen (secondary N) is 1. The summed E-state index contributed by atoms with van der Waals surface area (Å²) in [5.41, 5.74) is -0.499. The number of hydrogen-bond donors (Lipinski definition) is 1. The lowest BCUT2D eigenvalue weighted by Crippen LogP contribution is -2.34. The van der Waals surface area contributed by atoms with E-state index in [-0.39, 0.29) is 29.9 Å². The number of alkyl carbamates (subject to hydrolysis) is 1. The van der Waals surface area contributed by atoms with Gasteiger partial charge in [0.05, 0.1) is 23.9 Å². The zero-order chi connectivity index (χ0) is 21.2. The van der Waals surface area contributed by atoms with Crippen LogP contribution in [0.4, 0.5) is 4.79 Å². The normalized spacial score (nSPS) is 13.3. The molecule has 152 valence electrons. The van der Waals surface area contributed by atoms with Gasteiger partial charge in [0.2, 0.25) is 0 Å². The van der Waals surface area contributed by atoms with Gasteiger partial charge in [-0.25, -0.2) is 14.3 Å². The van der Waals surface area contributed by atoms with Gasteiger partial charge in [0.1, 0.15) is 5.60 Å². The van der Waals surface area contributed by atoms with Gasteiger partial charge in [0.25, 0.3) is 11.8 Å². The summed E-state index contributed by atoms with van der Waals surface area (Å²) in [5.74, 6) is -2.47. The second-order valence-electron chi connectivity index (χ2n) is 7.12. The van der Waals surface area contributed by atoms with Crippen molar-refractivity contribution in [2.45, 2.75) is 32.9 Å². The molecule has 0 spiro atoms. The molecule has 3 amide bonds. The number of hydroxylamine groups is 2. The molecule has 0 unspecified atom stereocenters. The van der Waals surface area contributed by atoms with Gasteiger partial charge in [-0.3, -0.25) is 9.59 Å². The van der Waals surface area contributed by atoms with Gasteiger partial charge >= 0.3 is 12.1 Å². The molecule has 3 rings (SSSR count). The maximum atomic E-state index is 12.2. The highest BCUT2D eigenvalue weighted by Gasteiger charge is 2.39. The predicted molar refractivity (Wildman–Crippen MR) is 96.6 cm³/mol. The van der Waals surface area contributed by atoms with Gasteiger partial charge in [-0.05, 0) is 32.9 Å². The highest BCUT2D eigenvalue weighted by molar-refractivity contribution is 6.21. The second kappa shape index (κ2) is 7.70. The lowest BCUT2D eigenvalue weighted by molar-refractivity contribution is -0.0588. The van der Waals surface area contributed by atoms with E-state index in [9.17, 15) is 19.2 Å². The Hall–Kier alpha value is -3.76. The number of carbonyl (C=O) groups is 4. The molecule has 29 heavy (non-hydrogen) atoms. The van der Waals surface area contributed by atoms with Crippen LogP contribution in [0.2, 0.25) is 0 Å². The number of rotatable bonds is 5. The molecule has 2 heterocycles. The van der Waals surface area contributed by atoms with Gasteiger partial charge < -0.3 is 14.9 Å². The van der Waals surface area contributed by atoms with Crippen LogP contribution in [0.5, 0.6) is 0 Å². The fourth-order valence-electron chi connectivity index (χ4n) is 2.47. The Balaban J connectivity index is 1.54. The number of ether oxygens (including phenoxy) is 1. The van der Waals surface area contributed by atoms with E-state index in [0.29, 0.717) is 5.06 Å². The van der Waals surface area contributed by atoms with Crippen molar-refractivity contribution < 1.29 is 28.8 Å². The van der Waals surface area contributed by atoms with Crippen LogP contribution in [0.1, 0.15) is 52.0 Å². The van der Waals surface area contributed by atoms with Crippen molar-refractivity contribution in [3.05, 3.63) is 47.3 Å². The largest absolute Gasteiger partial charge is 0.444 e. The van der Waals surface area contributed by atoms with Crippen molar-refractivity contribution in [2.24, 2.45) is 0 Å². The van der Waals surface area contributed by atoms with E-state index in [1.54, 1.807) is 32.9 Å². The first kappa shape index (κ1) is 20.0. The van der Waals surface area contributed by atoms with Crippen molar-refractivity contribution in [3.63, 3.8) is 0 Å². The van der Waals surface area contributed by atoms with Crippen LogP contribution < -0.4 is 5.32 Å². The minimum absolute atomic E-state index is 0.155. The van der Waals surface area contributed by atoms with E-state index in [0.717, 1.165) is 0 Å². The Labute approximate surface area is 165 Å². The third kappa shape index (κ3) is 4.57. The Morgan fingerprint density at radius 2 is 1.72 bits per heavy atom. The number of imide groups is 1. The zero-order valence-electron chi connectivity index (χ0n) is 16.0. The van der Waals surface area contributed by atoms with Crippen molar-refractivity contribution in [1.82, 2.24) is 25.4 Å². The van der Waals surface area contributed by atoms with Crippen LogP contribution in [0, 0.1) is 0 Å². The topological polar surface area (TPSA) is 133 Å². The van der Waals surface area contributed by atoms with Crippen LogP contribution in [0.15, 0.2) is 30.5 Å². The number of amides is 3. The van der Waals surface area contributed by atoms with Crippen LogP contribution in [-0.4, -0.2) is 56.1 Å². The fraction of sp³-hybridized carbons (Fsp3) is 0.333. The Morgan fingerprint density at radius 1 is 1.10 bits per heavy atom. The molecule has 0 saturated heterocycles. The molecule has 0 aliphatic carbocycles. The molecule has 1 aliphatic heterocycles. The van der Waals surface area contributed by atoms with Crippen molar-refractivity contribution in [3.8, 4) is 0 Å². The maximum absolute atomic E-state index is 12.2. The quantitative estimate of drug-likeness (QED) is 0.738. The molecule has 11 heteroatoms. The predicted octanol–water partition coefficient (Wildman–Crippen LogP) is 1.17. The molecular weight excluding hydrogens is 382 g/mol. The summed E-state index contributed by atoms with van der Waals surface area (Å²) in [5, 5.41) is 10.3. The molecule has 11 nitrogen and oxygen atoms in total. The first-order chi connectivity index (χ1) is 13.7. The average molecular weight is 401 g/mol. The molecular formula is C18H19N5O6. The number of carbonyl (C=O) groups excluding carboxylic acids is 4. The van der Waals surface area contributed by atoms with Crippen molar-refractivity contribution >= 4 is 23.9 Å². The highest BCUT2D eigenvalue weighted by atomic mass is 16.7. The lowest BCUT2D eigenvalue weighted by Gasteiger charge is -2.19. The molecule has 0 fully saturated rings. The molecule has 2 aromatic rings. The molecule has 0 saturated carbocycles. The van der Waals surface area contributed by atoms with E-state index in [4.69, 9.17) is 9.57 Å². The molecule has 0 radical (unpaired) electrons. The van der Waals surface area contributed by atoms with E-state index < -0.39 is 29.5 Å². The summed E-state index contributed by atoms with van der Waals surface area (Å²) in [6, 6.07) is 6.15. The standard InChI is InChI=1S/C18H19N5O6/c1-18(2,3)28-17(27)19-8-9-22-10-13(20-21-22)16(26)29-23-14(24)11-6-4-5-7-12(11)15(23)25/h4-7,10H,8-9H2,1-3H3,(H,19,27). The highest BCUT2D eigenvalue weighted by Crippen LogP contribution is 2.23. The molecule has 0 bridgehead atoms. The van der Waals surface area contributed by atoms with Gasteiger partial charge in [-0.1, -0.05) is 22.4 Å². The minimum Gasteiger partial charge on any atom is -0.444 e. The summed E-state index contributed by atoms with van der Waals surface area (Å²) in [4.78, 5) is 53.2. The minimum atomic E-state index is -1.01.